The second-order valence-electron chi connectivity index (χ2n) is 3.70. The predicted octanol–water partition coefficient (Wildman–Crippen LogP) is -0.220. The molecule has 1 aliphatic rings. The second-order valence-corrected chi connectivity index (χ2v) is 5.88. The van der Waals surface area contributed by atoms with Crippen LogP contribution in [-0.4, -0.2) is 49.3 Å². The van der Waals surface area contributed by atoms with Crippen LogP contribution in [0.3, 0.4) is 0 Å². The molecule has 2 N–H and O–H groups in total. The summed E-state index contributed by atoms with van der Waals surface area (Å²) in [6.07, 6.45) is -4.92. The number of rotatable bonds is 3. The quantitative estimate of drug-likeness (QED) is 0.734. The lowest BCUT2D eigenvalue weighted by atomic mass is 9.99. The normalized spacial score (nSPS) is 29.2. The largest absolute Gasteiger partial charge is 0.480 e. The number of hydrogen-bond acceptors (Lipinski definition) is 4. The van der Waals surface area contributed by atoms with Crippen LogP contribution in [0.4, 0.5) is 13.2 Å². The van der Waals surface area contributed by atoms with Crippen LogP contribution in [0, 0.1) is 0 Å². The summed E-state index contributed by atoms with van der Waals surface area (Å²) in [5.41, 5.74) is -2.01. The van der Waals surface area contributed by atoms with Crippen LogP contribution in [0.2, 0.25) is 0 Å². The molecule has 0 aromatic carbocycles. The third-order valence-corrected chi connectivity index (χ3v) is 4.10. The molecular formula is C7H10F3NO4S. The lowest BCUT2D eigenvalue weighted by molar-refractivity contribution is -0.148. The molecule has 1 rings (SSSR count). The van der Waals surface area contributed by atoms with E-state index < -0.39 is 45.6 Å². The van der Waals surface area contributed by atoms with Gasteiger partial charge in [0, 0.05) is 0 Å². The van der Waals surface area contributed by atoms with Gasteiger partial charge in [0.05, 0.1) is 18.1 Å². The van der Waals surface area contributed by atoms with Crippen molar-refractivity contribution in [1.82, 2.24) is 5.32 Å². The average Bonchev–Trinajstić information content (AvgIpc) is 2.38. The predicted molar refractivity (Wildman–Crippen MR) is 47.7 cm³/mol. The van der Waals surface area contributed by atoms with Crippen molar-refractivity contribution in [3.05, 3.63) is 0 Å². The van der Waals surface area contributed by atoms with Crippen LogP contribution in [-0.2, 0) is 14.6 Å². The van der Waals surface area contributed by atoms with Crippen molar-refractivity contribution in [2.24, 2.45) is 0 Å². The molecular weight excluding hydrogens is 251 g/mol. The van der Waals surface area contributed by atoms with Gasteiger partial charge in [-0.2, -0.15) is 13.2 Å². The van der Waals surface area contributed by atoms with E-state index in [1.165, 1.54) is 0 Å². The maximum absolute atomic E-state index is 11.9. The van der Waals surface area contributed by atoms with Crippen molar-refractivity contribution in [3.63, 3.8) is 0 Å². The SMILES string of the molecule is O=C(O)C1(NCC(F)(F)F)CCS(=O)(=O)C1. The minimum Gasteiger partial charge on any atom is -0.480 e. The Morgan fingerprint density at radius 1 is 1.44 bits per heavy atom. The second kappa shape index (κ2) is 3.88. The van der Waals surface area contributed by atoms with E-state index in [4.69, 9.17) is 5.11 Å². The van der Waals surface area contributed by atoms with Gasteiger partial charge in [-0.25, -0.2) is 8.42 Å². The molecule has 1 aliphatic heterocycles. The zero-order valence-corrected chi connectivity index (χ0v) is 8.86. The number of carboxylic acid groups (broad SMARTS) is 1. The molecule has 5 nitrogen and oxygen atoms in total. The molecule has 0 aromatic heterocycles. The number of carboxylic acids is 1. The molecule has 94 valence electrons. The van der Waals surface area contributed by atoms with Gasteiger partial charge < -0.3 is 5.11 Å². The fourth-order valence-electron chi connectivity index (χ4n) is 1.50. The molecule has 0 bridgehead atoms. The van der Waals surface area contributed by atoms with Gasteiger partial charge in [-0.1, -0.05) is 0 Å². The summed E-state index contributed by atoms with van der Waals surface area (Å²) < 4.78 is 58.0. The fourth-order valence-corrected chi connectivity index (χ4v) is 3.43. The molecule has 16 heavy (non-hydrogen) atoms. The highest BCUT2D eigenvalue weighted by molar-refractivity contribution is 7.91. The lowest BCUT2D eigenvalue weighted by Gasteiger charge is -2.24. The number of halogens is 3. The van der Waals surface area contributed by atoms with Gasteiger partial charge >= 0.3 is 12.1 Å². The monoisotopic (exact) mass is 261 g/mol. The zero-order valence-electron chi connectivity index (χ0n) is 8.04. The highest BCUT2D eigenvalue weighted by atomic mass is 32.2. The molecule has 1 fully saturated rings. The Kier molecular flexibility index (Phi) is 3.21. The topological polar surface area (TPSA) is 83.5 Å². The first-order chi connectivity index (χ1) is 7.06. The number of hydrogen-bond donors (Lipinski definition) is 2. The fraction of sp³-hybridized carbons (Fsp3) is 0.857. The molecule has 9 heteroatoms. The molecule has 0 aromatic rings. The summed E-state index contributed by atoms with van der Waals surface area (Å²) >= 11 is 0. The van der Waals surface area contributed by atoms with Crippen molar-refractivity contribution < 1.29 is 31.5 Å². The number of aliphatic carboxylic acids is 1. The van der Waals surface area contributed by atoms with Crippen LogP contribution in [0.25, 0.3) is 0 Å². The first-order valence-electron chi connectivity index (χ1n) is 4.32. The van der Waals surface area contributed by atoms with Crippen LogP contribution in [0.5, 0.6) is 0 Å². The van der Waals surface area contributed by atoms with Gasteiger partial charge in [0.15, 0.2) is 9.84 Å². The number of nitrogens with one attached hydrogen (secondary N) is 1. The summed E-state index contributed by atoms with van der Waals surface area (Å²) in [5, 5.41) is 10.6. The van der Waals surface area contributed by atoms with E-state index >= 15 is 0 Å². The summed E-state index contributed by atoms with van der Waals surface area (Å²) in [5.74, 6) is -2.78. The molecule has 1 heterocycles. The van der Waals surface area contributed by atoms with Gasteiger partial charge in [-0.3, -0.25) is 10.1 Å². The summed E-state index contributed by atoms with van der Waals surface area (Å²) in [6, 6.07) is 0. The molecule has 0 amide bonds. The van der Waals surface area contributed by atoms with E-state index in [2.05, 4.69) is 0 Å². The van der Waals surface area contributed by atoms with Gasteiger partial charge in [0.1, 0.15) is 5.54 Å². The van der Waals surface area contributed by atoms with E-state index in [0.717, 1.165) is 0 Å². The highest BCUT2D eigenvalue weighted by Crippen LogP contribution is 2.25. The van der Waals surface area contributed by atoms with E-state index in [9.17, 15) is 26.4 Å². The first kappa shape index (κ1) is 13.2. The summed E-state index contributed by atoms with van der Waals surface area (Å²) in [4.78, 5) is 10.8. The number of alkyl halides is 3. The number of carbonyl (C=O) groups is 1. The Labute approximate surface area is 89.6 Å². The van der Waals surface area contributed by atoms with Crippen LogP contribution in [0.15, 0.2) is 0 Å². The van der Waals surface area contributed by atoms with E-state index in [1.54, 1.807) is 5.32 Å². The van der Waals surface area contributed by atoms with Crippen molar-refractivity contribution in [2.45, 2.75) is 18.1 Å². The molecule has 1 unspecified atom stereocenters. The lowest BCUT2D eigenvalue weighted by Crippen LogP contribution is -2.55. The molecule has 0 aliphatic carbocycles. The molecule has 0 spiro atoms. The van der Waals surface area contributed by atoms with Crippen molar-refractivity contribution in [1.29, 1.82) is 0 Å². The zero-order chi connectivity index (χ0) is 12.6. The minimum absolute atomic E-state index is 0.346. The van der Waals surface area contributed by atoms with Crippen LogP contribution in [0.1, 0.15) is 6.42 Å². The van der Waals surface area contributed by atoms with Crippen LogP contribution < -0.4 is 5.32 Å². The highest BCUT2D eigenvalue weighted by Gasteiger charge is 2.49. The van der Waals surface area contributed by atoms with E-state index in [0.29, 0.717) is 0 Å². The van der Waals surface area contributed by atoms with Gasteiger partial charge in [0.2, 0.25) is 0 Å². The van der Waals surface area contributed by atoms with Crippen molar-refractivity contribution >= 4 is 15.8 Å². The smallest absolute Gasteiger partial charge is 0.401 e. The molecule has 1 saturated heterocycles. The Bertz CT molecular complexity index is 391. The van der Waals surface area contributed by atoms with Gasteiger partial charge in [0.25, 0.3) is 0 Å². The maximum Gasteiger partial charge on any atom is 0.401 e. The minimum atomic E-state index is -4.57. The number of sulfone groups is 1. The Balaban J connectivity index is 2.81. The Morgan fingerprint density at radius 2 is 2.00 bits per heavy atom. The summed E-state index contributed by atoms with van der Waals surface area (Å²) in [6.45, 7) is -1.52. The van der Waals surface area contributed by atoms with Crippen LogP contribution >= 0.6 is 0 Å². The Hall–Kier alpha value is -0.830. The van der Waals surface area contributed by atoms with E-state index in [-0.39, 0.29) is 6.42 Å². The van der Waals surface area contributed by atoms with Crippen molar-refractivity contribution in [2.75, 3.05) is 18.1 Å². The standard InChI is InChI=1S/C7H10F3NO4S/c8-7(9,10)3-11-6(5(12)13)1-2-16(14,15)4-6/h11H,1-4H2,(H,12,13). The van der Waals surface area contributed by atoms with Gasteiger partial charge in [-0.05, 0) is 6.42 Å². The summed E-state index contributed by atoms with van der Waals surface area (Å²) in [7, 11) is -3.58. The third kappa shape index (κ3) is 3.08. The first-order valence-corrected chi connectivity index (χ1v) is 6.14. The maximum atomic E-state index is 11.9. The van der Waals surface area contributed by atoms with Crippen molar-refractivity contribution in [3.8, 4) is 0 Å². The van der Waals surface area contributed by atoms with E-state index in [1.807, 2.05) is 0 Å². The van der Waals surface area contributed by atoms with Gasteiger partial charge in [-0.15, -0.1) is 0 Å². The third-order valence-electron chi connectivity index (χ3n) is 2.34. The molecule has 0 radical (unpaired) electrons. The Morgan fingerprint density at radius 3 is 2.31 bits per heavy atom. The molecule has 1 atom stereocenters. The average molecular weight is 261 g/mol. The molecule has 0 saturated carbocycles.